The summed E-state index contributed by atoms with van der Waals surface area (Å²) in [5, 5.41) is 135. The number of phenols is 2. The highest BCUT2D eigenvalue weighted by Crippen LogP contribution is 2.40. The van der Waals surface area contributed by atoms with E-state index in [0.29, 0.717) is 0 Å². The van der Waals surface area contributed by atoms with Crippen LogP contribution >= 0.6 is 0 Å². The Hall–Kier alpha value is -3.58. The molecular formula is C33H42O20. The molecule has 53 heavy (non-hydrogen) atoms. The van der Waals surface area contributed by atoms with Crippen molar-refractivity contribution in [2.45, 2.75) is 105 Å². The number of hydrogen-bond donors (Lipinski definition) is 13. The van der Waals surface area contributed by atoms with Crippen molar-refractivity contribution in [1.82, 2.24) is 0 Å². The Kier molecular flexibility index (Phi) is 11.5. The maximum atomic E-state index is 11.6. The van der Waals surface area contributed by atoms with E-state index < -0.39 is 129 Å². The van der Waals surface area contributed by atoms with Gasteiger partial charge in [-0.2, -0.15) is 0 Å². The summed E-state index contributed by atoms with van der Waals surface area (Å²) >= 11 is 0. The van der Waals surface area contributed by atoms with E-state index in [1.54, 1.807) is 0 Å². The van der Waals surface area contributed by atoms with Crippen molar-refractivity contribution in [3.05, 3.63) is 64.8 Å². The molecule has 5 aliphatic rings. The molecule has 20 nitrogen and oxygen atoms in total. The summed E-state index contributed by atoms with van der Waals surface area (Å²) in [4.78, 5) is 0. The molecule has 3 fully saturated rings. The van der Waals surface area contributed by atoms with Gasteiger partial charge in [0.2, 0.25) is 6.29 Å². The van der Waals surface area contributed by atoms with Crippen LogP contribution in [-0.4, -0.2) is 178 Å². The van der Waals surface area contributed by atoms with E-state index in [4.69, 9.17) is 33.2 Å². The number of aromatic hydroxyl groups is 2. The second-order valence-corrected chi connectivity index (χ2v) is 13.1. The molecule has 294 valence electrons. The molecule has 1 aliphatic carbocycles. The molecule has 16 unspecified atom stereocenters. The van der Waals surface area contributed by atoms with Crippen molar-refractivity contribution in [1.29, 1.82) is 0 Å². The van der Waals surface area contributed by atoms with E-state index in [1.165, 1.54) is 25.1 Å². The summed E-state index contributed by atoms with van der Waals surface area (Å²) in [6, 6.07) is 3.59. The van der Waals surface area contributed by atoms with Gasteiger partial charge in [-0.05, 0) is 31.2 Å². The third-order valence-electron chi connectivity index (χ3n) is 9.46. The molecule has 16 atom stereocenters. The number of ether oxygens (including phenoxy) is 7. The fraction of sp³-hybridized carbons (Fsp3) is 0.576. The molecule has 6 rings (SSSR count). The predicted octanol–water partition coefficient (Wildman–Crippen LogP) is -3.52. The van der Waals surface area contributed by atoms with Crippen molar-refractivity contribution in [2.75, 3.05) is 13.2 Å². The number of fused-ring (bicyclic) bond motifs is 1. The van der Waals surface area contributed by atoms with Gasteiger partial charge in [0.1, 0.15) is 84.8 Å². The highest BCUT2D eigenvalue weighted by Gasteiger charge is 2.52. The number of hydrogen-bond acceptors (Lipinski definition) is 20. The molecule has 0 aromatic heterocycles. The third kappa shape index (κ3) is 7.70. The zero-order chi connectivity index (χ0) is 38.5. The van der Waals surface area contributed by atoms with Crippen molar-refractivity contribution >= 4 is 5.76 Å². The highest BCUT2D eigenvalue weighted by molar-refractivity contribution is 5.70. The maximum absolute atomic E-state index is 11.6. The summed E-state index contributed by atoms with van der Waals surface area (Å²) in [6.45, 7) is -0.0691. The molecule has 4 aliphatic heterocycles. The van der Waals surface area contributed by atoms with Gasteiger partial charge in [0.15, 0.2) is 35.6 Å². The van der Waals surface area contributed by atoms with E-state index >= 15 is 0 Å². The molecule has 0 saturated carbocycles. The number of aliphatic hydroxyl groups excluding tert-OH is 11. The first kappa shape index (κ1) is 39.1. The molecule has 13 N–H and O–H groups in total. The van der Waals surface area contributed by atoms with Crippen LogP contribution < -0.4 is 0 Å². The minimum absolute atomic E-state index is 0.0715. The topological polar surface area (TPSA) is 328 Å². The molecular weight excluding hydrogens is 716 g/mol. The number of rotatable bonds is 9. The van der Waals surface area contributed by atoms with Crippen LogP contribution in [0.1, 0.15) is 12.5 Å². The molecule has 0 radical (unpaired) electrons. The predicted molar refractivity (Wildman–Crippen MR) is 170 cm³/mol. The summed E-state index contributed by atoms with van der Waals surface area (Å²) in [5.41, 5.74) is 0.173. The number of aliphatic hydroxyl groups is 11. The van der Waals surface area contributed by atoms with E-state index in [2.05, 4.69) is 0 Å². The molecule has 3 saturated heterocycles. The minimum atomic E-state index is -2.00. The van der Waals surface area contributed by atoms with Gasteiger partial charge in [-0.15, -0.1) is 0 Å². The van der Waals surface area contributed by atoms with Gasteiger partial charge in [-0.3, -0.25) is 0 Å². The van der Waals surface area contributed by atoms with Gasteiger partial charge in [-0.25, -0.2) is 0 Å². The number of phenolic OH excluding ortho intramolecular Hbond substituents is 2. The molecule has 0 bridgehead atoms. The molecule has 1 aromatic rings. The first-order valence-electron chi connectivity index (χ1n) is 16.5. The lowest BCUT2D eigenvalue weighted by atomic mass is 9.96. The van der Waals surface area contributed by atoms with E-state index in [1.807, 2.05) is 0 Å². The minimum Gasteiger partial charge on any atom is -0.508 e. The lowest BCUT2D eigenvalue weighted by Crippen LogP contribution is -2.65. The zero-order valence-electron chi connectivity index (χ0n) is 27.8. The molecule has 1 aromatic carbocycles. The summed E-state index contributed by atoms with van der Waals surface area (Å²) in [7, 11) is 0. The number of allylic oxidation sites excluding steroid dienone is 2. The fourth-order valence-electron chi connectivity index (χ4n) is 6.37. The lowest BCUT2D eigenvalue weighted by Gasteiger charge is -2.46. The van der Waals surface area contributed by atoms with Gasteiger partial charge in [0.25, 0.3) is 0 Å². The maximum Gasteiger partial charge on any atom is 0.229 e. The Morgan fingerprint density at radius 1 is 0.679 bits per heavy atom. The average molecular weight is 759 g/mol. The fourth-order valence-corrected chi connectivity index (χ4v) is 6.37. The second kappa shape index (κ2) is 15.6. The van der Waals surface area contributed by atoms with Crippen LogP contribution in [0.5, 0.6) is 11.5 Å². The Labute approximate surface area is 300 Å². The van der Waals surface area contributed by atoms with Crippen LogP contribution in [0.15, 0.2) is 59.3 Å². The van der Waals surface area contributed by atoms with Gasteiger partial charge in [-0.1, -0.05) is 0 Å². The zero-order valence-corrected chi connectivity index (χ0v) is 27.8. The van der Waals surface area contributed by atoms with Gasteiger partial charge >= 0.3 is 0 Å². The van der Waals surface area contributed by atoms with Gasteiger partial charge < -0.3 is 99.5 Å². The molecule has 20 heteroatoms. The Balaban J connectivity index is 1.33. The SMILES string of the molecule is CC1OC(OCC2OC(OC3=C(c4ccc(O)c(O)c4)OC4C=C(O)C=C(O)C4=C3)C(O)C(OC3OC(CO)C(O)C(O)C3O)C2O)C(O)C(O)C1O. The van der Waals surface area contributed by atoms with Crippen molar-refractivity contribution in [3.63, 3.8) is 0 Å². The molecule has 4 heterocycles. The summed E-state index contributed by atoms with van der Waals surface area (Å²) in [5.74, 6) is -2.21. The first-order valence-corrected chi connectivity index (χ1v) is 16.5. The van der Waals surface area contributed by atoms with Crippen molar-refractivity contribution in [3.8, 4) is 11.5 Å². The van der Waals surface area contributed by atoms with Crippen molar-refractivity contribution in [2.24, 2.45) is 0 Å². The second-order valence-electron chi connectivity index (χ2n) is 13.1. The largest absolute Gasteiger partial charge is 0.508 e. The van der Waals surface area contributed by atoms with Crippen LogP contribution in [-0.2, 0) is 33.2 Å². The van der Waals surface area contributed by atoms with Crippen LogP contribution in [0.3, 0.4) is 0 Å². The Morgan fingerprint density at radius 2 is 1.36 bits per heavy atom. The third-order valence-corrected chi connectivity index (χ3v) is 9.46. The lowest BCUT2D eigenvalue weighted by molar-refractivity contribution is -0.362. The standard InChI is InChI=1S/C33H42O20/c1-10-21(39)24(42)26(44)31(48-10)47-9-20-23(41)30(53-32-27(45)25(43)22(40)19(8-34)51-32)28(46)33(52-20)50-18-7-13-15(37)5-12(35)6-17(13)49-29(18)11-2-3-14(36)16(38)4-11/h2-7,10,17,19-28,30-46H,8-9H2,1H3. The van der Waals surface area contributed by atoms with Crippen LogP contribution in [0.25, 0.3) is 5.76 Å². The van der Waals surface area contributed by atoms with Gasteiger partial charge in [0.05, 0.1) is 19.3 Å². The van der Waals surface area contributed by atoms with Gasteiger partial charge in [0, 0.05) is 23.3 Å². The quantitative estimate of drug-likeness (QED) is 0.109. The van der Waals surface area contributed by atoms with E-state index in [-0.39, 0.29) is 28.4 Å². The summed E-state index contributed by atoms with van der Waals surface area (Å²) in [6.07, 6.45) is -23.0. The van der Waals surface area contributed by atoms with Crippen LogP contribution in [0.4, 0.5) is 0 Å². The Morgan fingerprint density at radius 3 is 2.06 bits per heavy atom. The normalized spacial score (nSPS) is 41.8. The first-order chi connectivity index (χ1) is 25.1. The van der Waals surface area contributed by atoms with E-state index in [0.717, 1.165) is 18.2 Å². The monoisotopic (exact) mass is 758 g/mol. The van der Waals surface area contributed by atoms with E-state index in [9.17, 15) is 66.4 Å². The molecule has 0 spiro atoms. The highest BCUT2D eigenvalue weighted by atomic mass is 16.8. The molecule has 0 amide bonds. The number of benzene rings is 1. The Bertz CT molecular complexity index is 1610. The van der Waals surface area contributed by atoms with Crippen LogP contribution in [0, 0.1) is 0 Å². The summed E-state index contributed by atoms with van der Waals surface area (Å²) < 4.78 is 40.2. The van der Waals surface area contributed by atoms with Crippen molar-refractivity contribution < 1.29 is 99.5 Å². The van der Waals surface area contributed by atoms with Crippen LogP contribution in [0.2, 0.25) is 0 Å². The average Bonchev–Trinajstić information content (AvgIpc) is 3.12. The smallest absolute Gasteiger partial charge is 0.229 e.